The fourth-order valence-corrected chi connectivity index (χ4v) is 3.48. The first-order valence-corrected chi connectivity index (χ1v) is 8.86. The van der Waals surface area contributed by atoms with Crippen molar-refractivity contribution in [3.63, 3.8) is 0 Å². The van der Waals surface area contributed by atoms with Gasteiger partial charge in [0.25, 0.3) is 0 Å². The normalized spacial score (nSPS) is 21.0. The van der Waals surface area contributed by atoms with Gasteiger partial charge < -0.3 is 9.84 Å². The maximum Gasteiger partial charge on any atom is 0.308 e. The van der Waals surface area contributed by atoms with Gasteiger partial charge in [-0.1, -0.05) is 42.5 Å². The summed E-state index contributed by atoms with van der Waals surface area (Å²) in [5.74, 6) is -0.107. The smallest absolute Gasteiger partial charge is 0.308 e. The van der Waals surface area contributed by atoms with E-state index in [2.05, 4.69) is 17.0 Å². The van der Waals surface area contributed by atoms with Crippen LogP contribution in [0, 0.1) is 5.92 Å². The van der Waals surface area contributed by atoms with Gasteiger partial charge in [-0.2, -0.15) is 0 Å². The number of carboxylic acids is 1. The van der Waals surface area contributed by atoms with Crippen LogP contribution in [0.3, 0.4) is 0 Å². The highest BCUT2D eigenvalue weighted by atomic mass is 16.5. The van der Waals surface area contributed by atoms with E-state index in [4.69, 9.17) is 4.74 Å². The monoisotopic (exact) mass is 339 g/mol. The molecule has 4 heteroatoms. The van der Waals surface area contributed by atoms with Gasteiger partial charge >= 0.3 is 5.97 Å². The molecule has 25 heavy (non-hydrogen) atoms. The zero-order valence-electron chi connectivity index (χ0n) is 14.6. The molecule has 0 unspecified atom stereocenters. The van der Waals surface area contributed by atoms with Crippen LogP contribution in [-0.2, 0) is 17.9 Å². The molecule has 2 aromatic carbocycles. The fraction of sp³-hybridized carbons (Fsp3) is 0.381. The Kier molecular flexibility index (Phi) is 5.71. The molecule has 3 rings (SSSR count). The van der Waals surface area contributed by atoms with E-state index in [0.29, 0.717) is 6.61 Å². The maximum absolute atomic E-state index is 11.4. The number of likely N-dealkylation sites (tertiary alicyclic amines) is 1. The SMILES string of the molecule is C[C@@H]1[C@H](C(=O)O)CCCN1Cc1cccc(OCc2ccccc2)c1. The average Bonchev–Trinajstić information content (AvgIpc) is 2.63. The van der Waals surface area contributed by atoms with Gasteiger partial charge in [-0.15, -0.1) is 0 Å². The number of hydrogen-bond donors (Lipinski definition) is 1. The molecule has 0 bridgehead atoms. The summed E-state index contributed by atoms with van der Waals surface area (Å²) in [5, 5.41) is 9.37. The summed E-state index contributed by atoms with van der Waals surface area (Å²) in [7, 11) is 0. The molecule has 2 aromatic rings. The largest absolute Gasteiger partial charge is 0.489 e. The Bertz CT molecular complexity index is 701. The molecule has 0 radical (unpaired) electrons. The van der Waals surface area contributed by atoms with E-state index < -0.39 is 5.97 Å². The molecule has 0 saturated carbocycles. The second-order valence-electron chi connectivity index (χ2n) is 6.72. The van der Waals surface area contributed by atoms with E-state index in [1.54, 1.807) is 0 Å². The van der Waals surface area contributed by atoms with Crippen molar-refractivity contribution >= 4 is 5.97 Å². The van der Waals surface area contributed by atoms with Crippen molar-refractivity contribution in [1.82, 2.24) is 4.90 Å². The predicted octanol–water partition coefficient (Wildman–Crippen LogP) is 3.95. The molecule has 2 atom stereocenters. The van der Waals surface area contributed by atoms with Crippen molar-refractivity contribution < 1.29 is 14.6 Å². The standard InChI is InChI=1S/C21H25NO3/c1-16-20(21(23)24)11-6-12-22(16)14-18-9-5-10-19(13-18)25-15-17-7-3-2-4-8-17/h2-5,7-10,13,16,20H,6,11-12,14-15H2,1H3,(H,23,24)/t16-,20-/m1/s1. The molecule has 0 spiro atoms. The number of carboxylic acid groups (broad SMARTS) is 1. The van der Waals surface area contributed by atoms with E-state index in [1.807, 2.05) is 49.4 Å². The topological polar surface area (TPSA) is 49.8 Å². The molecule has 1 saturated heterocycles. The third-order valence-corrected chi connectivity index (χ3v) is 4.97. The zero-order valence-corrected chi connectivity index (χ0v) is 14.6. The Hall–Kier alpha value is -2.33. The number of rotatable bonds is 6. The lowest BCUT2D eigenvalue weighted by molar-refractivity contribution is -0.145. The van der Waals surface area contributed by atoms with Crippen LogP contribution in [0.25, 0.3) is 0 Å². The summed E-state index contributed by atoms with van der Waals surface area (Å²) in [6.45, 7) is 4.27. The first-order chi connectivity index (χ1) is 12.1. The summed E-state index contributed by atoms with van der Waals surface area (Å²) in [5.41, 5.74) is 2.30. The summed E-state index contributed by atoms with van der Waals surface area (Å²) in [4.78, 5) is 13.7. The highest BCUT2D eigenvalue weighted by molar-refractivity contribution is 5.71. The van der Waals surface area contributed by atoms with Crippen LogP contribution in [0.1, 0.15) is 30.9 Å². The minimum absolute atomic E-state index is 0.0557. The summed E-state index contributed by atoms with van der Waals surface area (Å²) >= 11 is 0. The quantitative estimate of drug-likeness (QED) is 0.866. The molecule has 4 nitrogen and oxygen atoms in total. The third kappa shape index (κ3) is 4.60. The van der Waals surface area contributed by atoms with Gasteiger partial charge in [-0.25, -0.2) is 0 Å². The van der Waals surface area contributed by atoms with E-state index in [0.717, 1.165) is 42.8 Å². The number of ether oxygens (including phenoxy) is 1. The minimum Gasteiger partial charge on any atom is -0.489 e. The van der Waals surface area contributed by atoms with Crippen LogP contribution in [-0.4, -0.2) is 28.6 Å². The summed E-state index contributed by atoms with van der Waals surface area (Å²) < 4.78 is 5.90. The molecular formula is C21H25NO3. The molecule has 0 amide bonds. The van der Waals surface area contributed by atoms with Crippen molar-refractivity contribution in [1.29, 1.82) is 0 Å². The summed E-state index contributed by atoms with van der Waals surface area (Å²) in [6, 6.07) is 18.3. The van der Waals surface area contributed by atoms with Gasteiger partial charge in [0.1, 0.15) is 12.4 Å². The lowest BCUT2D eigenvalue weighted by Gasteiger charge is -2.37. The van der Waals surface area contributed by atoms with Crippen LogP contribution in [0.4, 0.5) is 0 Å². The number of nitrogens with zero attached hydrogens (tertiary/aromatic N) is 1. The lowest BCUT2D eigenvalue weighted by atomic mass is 9.90. The van der Waals surface area contributed by atoms with Crippen LogP contribution in [0.15, 0.2) is 54.6 Å². The first kappa shape index (κ1) is 17.5. The number of benzene rings is 2. The molecule has 1 N–H and O–H groups in total. The lowest BCUT2D eigenvalue weighted by Crippen LogP contribution is -2.45. The van der Waals surface area contributed by atoms with E-state index in [9.17, 15) is 9.90 Å². The Morgan fingerprint density at radius 3 is 2.68 bits per heavy atom. The molecule has 0 aromatic heterocycles. The minimum atomic E-state index is -0.683. The first-order valence-electron chi connectivity index (χ1n) is 8.86. The number of carbonyl (C=O) groups is 1. The molecule has 1 fully saturated rings. The van der Waals surface area contributed by atoms with Crippen molar-refractivity contribution in [3.05, 3.63) is 65.7 Å². The maximum atomic E-state index is 11.4. The Labute approximate surface area is 149 Å². The molecule has 0 aliphatic carbocycles. The summed E-state index contributed by atoms with van der Waals surface area (Å²) in [6.07, 6.45) is 1.71. The average molecular weight is 339 g/mol. The van der Waals surface area contributed by atoms with Crippen molar-refractivity contribution in [2.45, 2.75) is 39.0 Å². The Morgan fingerprint density at radius 1 is 1.16 bits per heavy atom. The van der Waals surface area contributed by atoms with Gasteiger partial charge in [0.05, 0.1) is 5.92 Å². The van der Waals surface area contributed by atoms with E-state index >= 15 is 0 Å². The second kappa shape index (κ2) is 8.17. The van der Waals surface area contributed by atoms with Gasteiger partial charge in [-0.3, -0.25) is 9.69 Å². The molecule has 132 valence electrons. The molecular weight excluding hydrogens is 314 g/mol. The number of hydrogen-bond acceptors (Lipinski definition) is 3. The van der Waals surface area contributed by atoms with Crippen LogP contribution >= 0.6 is 0 Å². The van der Waals surface area contributed by atoms with Crippen molar-refractivity contribution in [2.75, 3.05) is 6.54 Å². The van der Waals surface area contributed by atoms with Crippen LogP contribution in [0.5, 0.6) is 5.75 Å². The van der Waals surface area contributed by atoms with Gasteiger partial charge in [0, 0.05) is 12.6 Å². The van der Waals surface area contributed by atoms with Gasteiger partial charge in [-0.05, 0) is 49.6 Å². The molecule has 1 heterocycles. The highest BCUT2D eigenvalue weighted by Gasteiger charge is 2.32. The van der Waals surface area contributed by atoms with Gasteiger partial charge in [0.15, 0.2) is 0 Å². The van der Waals surface area contributed by atoms with Gasteiger partial charge in [0.2, 0.25) is 0 Å². The van der Waals surface area contributed by atoms with Crippen molar-refractivity contribution in [3.8, 4) is 5.75 Å². The number of piperidine rings is 1. The predicted molar refractivity (Wildman–Crippen MR) is 97.4 cm³/mol. The Balaban J connectivity index is 1.62. The van der Waals surface area contributed by atoms with Crippen LogP contribution < -0.4 is 4.74 Å². The van der Waals surface area contributed by atoms with Crippen LogP contribution in [0.2, 0.25) is 0 Å². The fourth-order valence-electron chi connectivity index (χ4n) is 3.48. The Morgan fingerprint density at radius 2 is 1.92 bits per heavy atom. The van der Waals surface area contributed by atoms with E-state index in [-0.39, 0.29) is 12.0 Å². The zero-order chi connectivity index (χ0) is 17.6. The second-order valence-corrected chi connectivity index (χ2v) is 6.72. The molecule has 1 aliphatic heterocycles. The molecule has 1 aliphatic rings. The van der Waals surface area contributed by atoms with E-state index in [1.165, 1.54) is 0 Å². The number of aliphatic carboxylic acids is 1. The third-order valence-electron chi connectivity index (χ3n) is 4.97. The highest BCUT2D eigenvalue weighted by Crippen LogP contribution is 2.26. The van der Waals surface area contributed by atoms with Crippen molar-refractivity contribution in [2.24, 2.45) is 5.92 Å².